The van der Waals surface area contributed by atoms with Gasteiger partial charge in [0.2, 0.25) is 0 Å². The molecule has 0 bridgehead atoms. The van der Waals surface area contributed by atoms with Crippen LogP contribution in [0.15, 0.2) is 18.5 Å². The Morgan fingerprint density at radius 3 is 2.89 bits per heavy atom. The van der Waals surface area contributed by atoms with Gasteiger partial charge in [-0.25, -0.2) is 0 Å². The van der Waals surface area contributed by atoms with E-state index in [1.807, 2.05) is 12.4 Å². The maximum Gasteiger partial charge on any atom is 0.0584 e. The van der Waals surface area contributed by atoms with E-state index in [1.165, 1.54) is 17.7 Å². The number of piperidine rings is 1. The summed E-state index contributed by atoms with van der Waals surface area (Å²) in [6, 6.07) is 3.31. The second-order valence-electron chi connectivity index (χ2n) is 5.41. The fraction of sp³-hybridized carbons (Fsp3) is 0.667. The number of pyridine rings is 1. The molecule has 1 fully saturated rings. The molecule has 0 saturated carbocycles. The summed E-state index contributed by atoms with van der Waals surface area (Å²) in [7, 11) is 0. The molecule has 1 aromatic rings. The van der Waals surface area contributed by atoms with Gasteiger partial charge in [0.15, 0.2) is 0 Å². The van der Waals surface area contributed by atoms with Crippen molar-refractivity contribution in [2.24, 2.45) is 5.92 Å². The summed E-state index contributed by atoms with van der Waals surface area (Å²) in [5.74, 6) is 0.665. The first-order valence-corrected chi connectivity index (χ1v) is 7.05. The Morgan fingerprint density at radius 1 is 1.44 bits per heavy atom. The maximum atomic E-state index is 4.28. The van der Waals surface area contributed by atoms with E-state index in [2.05, 4.69) is 49.0 Å². The van der Waals surface area contributed by atoms with Crippen LogP contribution in [0.5, 0.6) is 0 Å². The number of hydrogen-bond acceptors (Lipinski definition) is 3. The second kappa shape index (κ2) is 5.70. The lowest BCUT2D eigenvalue weighted by molar-refractivity contribution is 0.274. The highest BCUT2D eigenvalue weighted by Crippen LogP contribution is 2.30. The Labute approximate surface area is 111 Å². The van der Waals surface area contributed by atoms with Gasteiger partial charge in [0.1, 0.15) is 0 Å². The van der Waals surface area contributed by atoms with Gasteiger partial charge >= 0.3 is 0 Å². The van der Waals surface area contributed by atoms with Crippen molar-refractivity contribution in [2.75, 3.05) is 18.0 Å². The summed E-state index contributed by atoms with van der Waals surface area (Å²) in [5, 5.41) is 3.61. The van der Waals surface area contributed by atoms with Crippen molar-refractivity contribution in [3.8, 4) is 0 Å². The molecule has 3 atom stereocenters. The molecule has 0 aromatic carbocycles. The maximum absolute atomic E-state index is 4.28. The molecule has 18 heavy (non-hydrogen) atoms. The highest BCUT2D eigenvalue weighted by Gasteiger charge is 2.32. The van der Waals surface area contributed by atoms with E-state index >= 15 is 0 Å². The third-order valence-electron chi connectivity index (χ3n) is 4.36. The molecule has 3 heteroatoms. The van der Waals surface area contributed by atoms with E-state index in [0.717, 1.165) is 13.1 Å². The highest BCUT2D eigenvalue weighted by atomic mass is 15.2. The number of rotatable bonds is 3. The van der Waals surface area contributed by atoms with E-state index in [4.69, 9.17) is 0 Å². The molecular weight excluding hydrogens is 222 g/mol. The minimum atomic E-state index is 0.561. The number of hydrogen-bond donors (Lipinski definition) is 1. The number of aromatic nitrogens is 1. The van der Waals surface area contributed by atoms with E-state index in [1.54, 1.807) is 0 Å². The van der Waals surface area contributed by atoms with Gasteiger partial charge in [-0.1, -0.05) is 13.8 Å². The second-order valence-corrected chi connectivity index (χ2v) is 5.41. The third kappa shape index (κ3) is 2.51. The molecule has 0 amide bonds. The van der Waals surface area contributed by atoms with Gasteiger partial charge in [-0.2, -0.15) is 0 Å². The molecule has 1 aliphatic rings. The molecule has 1 aliphatic heterocycles. The van der Waals surface area contributed by atoms with Crippen LogP contribution in [0.3, 0.4) is 0 Å². The molecule has 3 unspecified atom stereocenters. The normalized spacial score (nSPS) is 28.4. The van der Waals surface area contributed by atoms with Crippen molar-refractivity contribution < 1.29 is 0 Å². The van der Waals surface area contributed by atoms with Gasteiger partial charge in [0.05, 0.1) is 11.9 Å². The minimum Gasteiger partial charge on any atom is -0.367 e. The van der Waals surface area contributed by atoms with Gasteiger partial charge in [-0.3, -0.25) is 4.98 Å². The average molecular weight is 247 g/mol. The number of nitrogens with zero attached hydrogens (tertiary/aromatic N) is 2. The molecule has 0 spiro atoms. The lowest BCUT2D eigenvalue weighted by Crippen LogP contribution is -2.53. The average Bonchev–Trinajstić information content (AvgIpc) is 2.37. The van der Waals surface area contributed by atoms with Gasteiger partial charge in [-0.05, 0) is 44.4 Å². The van der Waals surface area contributed by atoms with Gasteiger partial charge in [0, 0.05) is 24.8 Å². The Morgan fingerprint density at radius 2 is 2.22 bits per heavy atom. The first kappa shape index (κ1) is 13.3. The van der Waals surface area contributed by atoms with Crippen molar-refractivity contribution in [1.82, 2.24) is 10.3 Å². The Hall–Kier alpha value is -1.09. The van der Waals surface area contributed by atoms with Crippen molar-refractivity contribution in [2.45, 2.75) is 46.2 Å². The van der Waals surface area contributed by atoms with Gasteiger partial charge in [-0.15, -0.1) is 0 Å². The Kier molecular flexibility index (Phi) is 4.23. The zero-order chi connectivity index (χ0) is 13.1. The lowest BCUT2D eigenvalue weighted by Gasteiger charge is -2.44. The SMILES string of the molecule is CCNC1CCN(c2cnccc2C)C(C)C1C. The zero-order valence-corrected chi connectivity index (χ0v) is 12.0. The summed E-state index contributed by atoms with van der Waals surface area (Å²) in [4.78, 5) is 6.79. The molecule has 0 aliphatic carbocycles. The van der Waals surface area contributed by atoms with Gasteiger partial charge < -0.3 is 10.2 Å². The summed E-state index contributed by atoms with van der Waals surface area (Å²) in [6.45, 7) is 11.2. The van der Waals surface area contributed by atoms with Crippen LogP contribution in [0, 0.1) is 12.8 Å². The zero-order valence-electron chi connectivity index (χ0n) is 12.0. The highest BCUT2D eigenvalue weighted by molar-refractivity contribution is 5.52. The third-order valence-corrected chi connectivity index (χ3v) is 4.36. The quantitative estimate of drug-likeness (QED) is 0.890. The first-order valence-electron chi connectivity index (χ1n) is 7.05. The molecule has 1 aromatic heterocycles. The van der Waals surface area contributed by atoms with E-state index < -0.39 is 0 Å². The van der Waals surface area contributed by atoms with Crippen molar-refractivity contribution in [1.29, 1.82) is 0 Å². The molecule has 1 N–H and O–H groups in total. The summed E-state index contributed by atoms with van der Waals surface area (Å²) in [5.41, 5.74) is 2.62. The molecule has 1 saturated heterocycles. The number of anilines is 1. The molecule has 3 nitrogen and oxygen atoms in total. The largest absolute Gasteiger partial charge is 0.367 e. The lowest BCUT2D eigenvalue weighted by atomic mass is 9.86. The monoisotopic (exact) mass is 247 g/mol. The van der Waals surface area contributed by atoms with Crippen LogP contribution in [0.4, 0.5) is 5.69 Å². The van der Waals surface area contributed by atoms with Crippen molar-refractivity contribution in [3.05, 3.63) is 24.0 Å². The van der Waals surface area contributed by atoms with Crippen LogP contribution in [0.2, 0.25) is 0 Å². The molecule has 0 radical (unpaired) electrons. The van der Waals surface area contributed by atoms with Crippen LogP contribution in [0.25, 0.3) is 0 Å². The predicted octanol–water partition coefficient (Wildman–Crippen LogP) is 2.60. The fourth-order valence-electron chi connectivity index (χ4n) is 3.01. The van der Waals surface area contributed by atoms with E-state index in [0.29, 0.717) is 18.0 Å². The fourth-order valence-corrected chi connectivity index (χ4v) is 3.01. The smallest absolute Gasteiger partial charge is 0.0584 e. The van der Waals surface area contributed by atoms with Crippen LogP contribution in [-0.2, 0) is 0 Å². The Balaban J connectivity index is 2.15. The van der Waals surface area contributed by atoms with Crippen LogP contribution in [-0.4, -0.2) is 30.2 Å². The van der Waals surface area contributed by atoms with Crippen LogP contribution in [0.1, 0.15) is 32.8 Å². The molecular formula is C15H25N3. The van der Waals surface area contributed by atoms with Crippen LogP contribution >= 0.6 is 0 Å². The first-order chi connectivity index (χ1) is 8.65. The summed E-state index contributed by atoms with van der Waals surface area (Å²) < 4.78 is 0. The predicted molar refractivity (Wildman–Crippen MR) is 77.0 cm³/mol. The van der Waals surface area contributed by atoms with Gasteiger partial charge in [0.25, 0.3) is 0 Å². The standard InChI is InChI=1S/C15H25N3/c1-5-17-14-7-9-18(13(4)12(14)3)15-10-16-8-6-11(15)2/h6,8,10,12-14,17H,5,7,9H2,1-4H3. The topological polar surface area (TPSA) is 28.2 Å². The van der Waals surface area contributed by atoms with E-state index in [-0.39, 0.29) is 0 Å². The van der Waals surface area contributed by atoms with Crippen molar-refractivity contribution >= 4 is 5.69 Å². The summed E-state index contributed by atoms with van der Waals surface area (Å²) in [6.07, 6.45) is 5.10. The molecule has 100 valence electrons. The number of nitrogens with one attached hydrogen (secondary N) is 1. The van der Waals surface area contributed by atoms with Crippen LogP contribution < -0.4 is 10.2 Å². The number of aryl methyl sites for hydroxylation is 1. The molecule has 2 heterocycles. The Bertz CT molecular complexity index is 391. The van der Waals surface area contributed by atoms with Crippen molar-refractivity contribution in [3.63, 3.8) is 0 Å². The summed E-state index contributed by atoms with van der Waals surface area (Å²) >= 11 is 0. The van der Waals surface area contributed by atoms with E-state index in [9.17, 15) is 0 Å². The minimum absolute atomic E-state index is 0.561. The molecule has 2 rings (SSSR count).